The molecule has 21 heavy (non-hydrogen) atoms. The maximum atomic E-state index is 10.7. The molecule has 3 rings (SSSR count). The molecular weight excluding hydrogens is 288 g/mol. The summed E-state index contributed by atoms with van der Waals surface area (Å²) < 4.78 is 5.63. The number of likely N-dealkylation sites (tertiary alicyclic amines) is 1. The van der Waals surface area contributed by atoms with E-state index in [4.69, 9.17) is 16.3 Å². The van der Waals surface area contributed by atoms with Crippen molar-refractivity contribution in [3.05, 3.63) is 29.0 Å². The Balaban J connectivity index is 1.75. The molecule has 2 aliphatic rings. The second kappa shape index (κ2) is 6.21. The van der Waals surface area contributed by atoms with Crippen LogP contribution in [0, 0.1) is 5.92 Å². The van der Waals surface area contributed by atoms with Gasteiger partial charge in [-0.3, -0.25) is 9.88 Å². The molecule has 2 fully saturated rings. The average molecular weight is 311 g/mol. The topological polar surface area (TPSA) is 45.6 Å². The van der Waals surface area contributed by atoms with Crippen LogP contribution in [-0.2, 0) is 11.3 Å². The SMILES string of the molecule is C[C@]1(O)CCOC[C@@H]1[C@@H]1CCCN1Cc1ccncc1Cl. The molecule has 116 valence electrons. The first-order valence-electron chi connectivity index (χ1n) is 7.70. The lowest BCUT2D eigenvalue weighted by atomic mass is 9.79. The second-order valence-corrected chi connectivity index (χ2v) is 6.84. The predicted molar refractivity (Wildman–Crippen MR) is 82.2 cm³/mol. The van der Waals surface area contributed by atoms with Gasteiger partial charge in [-0.25, -0.2) is 0 Å². The van der Waals surface area contributed by atoms with Crippen LogP contribution in [0.2, 0.25) is 5.02 Å². The van der Waals surface area contributed by atoms with Gasteiger partial charge in [-0.2, -0.15) is 0 Å². The van der Waals surface area contributed by atoms with Gasteiger partial charge >= 0.3 is 0 Å². The van der Waals surface area contributed by atoms with Crippen LogP contribution in [0.4, 0.5) is 0 Å². The number of pyridine rings is 1. The summed E-state index contributed by atoms with van der Waals surface area (Å²) in [4.78, 5) is 6.48. The van der Waals surface area contributed by atoms with Crippen LogP contribution in [0.1, 0.15) is 31.7 Å². The Morgan fingerprint density at radius 3 is 3.19 bits per heavy atom. The molecule has 0 spiro atoms. The van der Waals surface area contributed by atoms with Crippen molar-refractivity contribution >= 4 is 11.6 Å². The molecule has 1 aromatic rings. The highest BCUT2D eigenvalue weighted by molar-refractivity contribution is 6.31. The van der Waals surface area contributed by atoms with E-state index in [1.807, 2.05) is 13.0 Å². The quantitative estimate of drug-likeness (QED) is 0.931. The highest BCUT2D eigenvalue weighted by Crippen LogP contribution is 2.36. The summed E-state index contributed by atoms with van der Waals surface area (Å²) in [5.41, 5.74) is 0.475. The van der Waals surface area contributed by atoms with Gasteiger partial charge in [0.25, 0.3) is 0 Å². The van der Waals surface area contributed by atoms with Crippen LogP contribution in [0.15, 0.2) is 18.5 Å². The maximum absolute atomic E-state index is 10.7. The van der Waals surface area contributed by atoms with E-state index < -0.39 is 5.60 Å². The number of rotatable bonds is 3. The molecule has 0 unspecified atom stereocenters. The highest BCUT2D eigenvalue weighted by atomic mass is 35.5. The Labute approximate surface area is 131 Å². The van der Waals surface area contributed by atoms with Crippen molar-refractivity contribution in [3.63, 3.8) is 0 Å². The zero-order valence-electron chi connectivity index (χ0n) is 12.5. The van der Waals surface area contributed by atoms with Gasteiger partial charge in [0.1, 0.15) is 0 Å². The fraction of sp³-hybridized carbons (Fsp3) is 0.688. The smallest absolute Gasteiger partial charge is 0.0706 e. The largest absolute Gasteiger partial charge is 0.390 e. The maximum Gasteiger partial charge on any atom is 0.0706 e. The Morgan fingerprint density at radius 2 is 2.43 bits per heavy atom. The Bertz CT molecular complexity index is 495. The van der Waals surface area contributed by atoms with Gasteiger partial charge < -0.3 is 9.84 Å². The van der Waals surface area contributed by atoms with Gasteiger partial charge in [0.15, 0.2) is 0 Å². The Kier molecular flexibility index (Phi) is 4.50. The zero-order chi connectivity index (χ0) is 14.9. The van der Waals surface area contributed by atoms with Gasteiger partial charge in [0.2, 0.25) is 0 Å². The number of halogens is 1. The van der Waals surface area contributed by atoms with Crippen LogP contribution in [0.5, 0.6) is 0 Å². The van der Waals surface area contributed by atoms with Crippen LogP contribution in [0.3, 0.4) is 0 Å². The van der Waals surface area contributed by atoms with E-state index >= 15 is 0 Å². The number of nitrogens with zero attached hydrogens (tertiary/aromatic N) is 2. The first-order valence-corrected chi connectivity index (χ1v) is 8.08. The molecule has 2 aliphatic heterocycles. The first kappa shape index (κ1) is 15.2. The number of aromatic nitrogens is 1. The lowest BCUT2D eigenvalue weighted by molar-refractivity contribution is -0.123. The van der Waals surface area contributed by atoms with Gasteiger partial charge in [-0.1, -0.05) is 11.6 Å². The summed E-state index contributed by atoms with van der Waals surface area (Å²) in [5.74, 6) is 0.175. The van der Waals surface area contributed by atoms with Gasteiger partial charge in [-0.15, -0.1) is 0 Å². The molecule has 0 bridgehead atoms. The van der Waals surface area contributed by atoms with Crippen LogP contribution in [-0.4, -0.2) is 46.4 Å². The minimum atomic E-state index is -0.631. The predicted octanol–water partition coefficient (Wildman–Crippen LogP) is 2.49. The third kappa shape index (κ3) is 3.24. The number of hydrogen-bond acceptors (Lipinski definition) is 4. The Morgan fingerprint density at radius 1 is 1.57 bits per heavy atom. The van der Waals surface area contributed by atoms with Crippen molar-refractivity contribution in [1.29, 1.82) is 0 Å². The molecule has 0 aliphatic carbocycles. The summed E-state index contributed by atoms with van der Waals surface area (Å²) >= 11 is 6.23. The van der Waals surface area contributed by atoms with Crippen molar-refractivity contribution in [2.75, 3.05) is 19.8 Å². The van der Waals surface area contributed by atoms with Crippen molar-refractivity contribution < 1.29 is 9.84 Å². The van der Waals surface area contributed by atoms with E-state index in [9.17, 15) is 5.11 Å². The molecular formula is C16H23ClN2O2. The van der Waals surface area contributed by atoms with Crippen molar-refractivity contribution in [1.82, 2.24) is 9.88 Å². The first-order chi connectivity index (χ1) is 10.1. The zero-order valence-corrected chi connectivity index (χ0v) is 13.2. The van der Waals surface area contributed by atoms with E-state index in [2.05, 4.69) is 9.88 Å². The van der Waals surface area contributed by atoms with Crippen LogP contribution < -0.4 is 0 Å². The van der Waals surface area contributed by atoms with E-state index in [-0.39, 0.29) is 5.92 Å². The van der Waals surface area contributed by atoms with Crippen molar-refractivity contribution in [3.8, 4) is 0 Å². The molecule has 1 aromatic heterocycles. The molecule has 0 radical (unpaired) electrons. The molecule has 3 heterocycles. The summed E-state index contributed by atoms with van der Waals surface area (Å²) in [7, 11) is 0. The third-order valence-electron chi connectivity index (χ3n) is 4.96. The number of ether oxygens (including phenoxy) is 1. The van der Waals surface area contributed by atoms with Crippen molar-refractivity contribution in [2.24, 2.45) is 5.92 Å². The van der Waals surface area contributed by atoms with Gasteiger partial charge in [0.05, 0.1) is 17.2 Å². The molecule has 0 saturated carbocycles. The average Bonchev–Trinajstić information content (AvgIpc) is 2.89. The van der Waals surface area contributed by atoms with E-state index in [1.165, 1.54) is 6.42 Å². The molecule has 0 amide bonds. The van der Waals surface area contributed by atoms with E-state index in [1.54, 1.807) is 12.4 Å². The van der Waals surface area contributed by atoms with Crippen LogP contribution >= 0.6 is 11.6 Å². The standard InChI is InChI=1S/C16H23ClN2O2/c1-16(20)5-8-21-11-13(16)15-3-2-7-19(15)10-12-4-6-18-9-14(12)17/h4,6,9,13,15,20H,2-3,5,7-8,10-11H2,1H3/t13-,15+,16+/m1/s1. The highest BCUT2D eigenvalue weighted by Gasteiger charge is 2.43. The summed E-state index contributed by atoms with van der Waals surface area (Å²) in [5, 5.41) is 11.4. The lowest BCUT2D eigenvalue weighted by Crippen LogP contribution is -2.52. The fourth-order valence-electron chi connectivity index (χ4n) is 3.63. The molecule has 2 saturated heterocycles. The molecule has 5 heteroatoms. The summed E-state index contributed by atoms with van der Waals surface area (Å²) in [6.45, 7) is 5.13. The summed E-state index contributed by atoms with van der Waals surface area (Å²) in [6, 6.07) is 2.34. The number of aliphatic hydroxyl groups is 1. The van der Waals surface area contributed by atoms with Crippen molar-refractivity contribution in [2.45, 2.75) is 44.4 Å². The second-order valence-electron chi connectivity index (χ2n) is 6.44. The van der Waals surface area contributed by atoms with E-state index in [0.29, 0.717) is 19.3 Å². The Hall–Kier alpha value is -0.680. The van der Waals surface area contributed by atoms with Crippen LogP contribution in [0.25, 0.3) is 0 Å². The molecule has 1 N–H and O–H groups in total. The number of hydrogen-bond donors (Lipinski definition) is 1. The molecule has 3 atom stereocenters. The third-order valence-corrected chi connectivity index (χ3v) is 5.30. The fourth-order valence-corrected chi connectivity index (χ4v) is 3.81. The lowest BCUT2D eigenvalue weighted by Gasteiger charge is -2.43. The molecule has 0 aromatic carbocycles. The van der Waals surface area contributed by atoms with E-state index in [0.717, 1.165) is 36.5 Å². The minimum Gasteiger partial charge on any atom is -0.390 e. The monoisotopic (exact) mass is 310 g/mol. The minimum absolute atomic E-state index is 0.175. The normalized spacial score (nSPS) is 34.2. The summed E-state index contributed by atoms with van der Waals surface area (Å²) in [6.07, 6.45) is 6.48. The van der Waals surface area contributed by atoms with Gasteiger partial charge in [0, 0.05) is 37.5 Å². The van der Waals surface area contributed by atoms with Gasteiger partial charge in [-0.05, 0) is 44.4 Å². The molecule has 4 nitrogen and oxygen atoms in total.